The number of benzene rings is 2. The van der Waals surface area contributed by atoms with Crippen molar-refractivity contribution in [3.63, 3.8) is 0 Å². The van der Waals surface area contributed by atoms with Crippen LogP contribution in [0.5, 0.6) is 0 Å². The van der Waals surface area contributed by atoms with E-state index in [-0.39, 0.29) is 0 Å². The molecule has 0 atom stereocenters. The van der Waals surface area contributed by atoms with Gasteiger partial charge in [0.2, 0.25) is 0 Å². The van der Waals surface area contributed by atoms with E-state index in [1.807, 2.05) is 6.07 Å². The monoisotopic (exact) mass is 236 g/mol. The molecule has 0 heteroatoms. The summed E-state index contributed by atoms with van der Waals surface area (Å²) in [5, 5.41) is 0. The average Bonchev–Trinajstić information content (AvgIpc) is 2.37. The molecule has 0 aromatic heterocycles. The molecule has 0 aliphatic rings. The number of hydrogen-bond acceptors (Lipinski definition) is 0. The molecule has 0 aliphatic carbocycles. The van der Waals surface area contributed by atoms with E-state index < -0.39 is 0 Å². The Morgan fingerprint density at radius 3 is 2.22 bits per heavy atom. The zero-order valence-corrected chi connectivity index (χ0v) is 11.4. The van der Waals surface area contributed by atoms with Gasteiger partial charge in [-0.25, -0.2) is 0 Å². The molecule has 0 nitrogen and oxygen atoms in total. The van der Waals surface area contributed by atoms with Gasteiger partial charge in [0.05, 0.1) is 0 Å². The summed E-state index contributed by atoms with van der Waals surface area (Å²) >= 11 is 0. The molecular weight excluding hydrogens is 216 g/mol. The fraction of sp³-hybridized carbons (Fsp3) is 0.222. The minimum Gasteiger partial charge on any atom is -0.0795 e. The maximum atomic E-state index is 2.31. The first-order chi connectivity index (χ1) is 8.66. The summed E-state index contributed by atoms with van der Waals surface area (Å²) in [7, 11) is 0. The van der Waals surface area contributed by atoms with Crippen molar-refractivity contribution in [2.75, 3.05) is 0 Å². The first-order valence-corrected chi connectivity index (χ1v) is 6.45. The molecule has 2 rings (SSSR count). The van der Waals surface area contributed by atoms with Gasteiger partial charge < -0.3 is 0 Å². The Balaban J connectivity index is 2.11. The summed E-state index contributed by atoms with van der Waals surface area (Å²) in [6.45, 7) is 6.54. The third-order valence-corrected chi connectivity index (χ3v) is 3.40. The van der Waals surface area contributed by atoms with E-state index in [1.165, 1.54) is 27.8 Å². The number of aryl methyl sites for hydroxylation is 3. The summed E-state index contributed by atoms with van der Waals surface area (Å²) in [5.41, 5.74) is 6.83. The lowest BCUT2D eigenvalue weighted by Gasteiger charge is -2.07. The smallest absolute Gasteiger partial charge is 0.00914 e. The van der Waals surface area contributed by atoms with Crippen molar-refractivity contribution < 1.29 is 0 Å². The summed E-state index contributed by atoms with van der Waals surface area (Å²) in [4.78, 5) is 0. The van der Waals surface area contributed by atoms with Gasteiger partial charge in [-0.3, -0.25) is 0 Å². The van der Waals surface area contributed by atoms with Crippen LogP contribution in [0.2, 0.25) is 0 Å². The van der Waals surface area contributed by atoms with Crippen LogP contribution in [-0.4, -0.2) is 0 Å². The molecule has 2 aromatic rings. The maximum absolute atomic E-state index is 2.31. The van der Waals surface area contributed by atoms with E-state index in [4.69, 9.17) is 0 Å². The highest BCUT2D eigenvalue weighted by molar-refractivity contribution is 5.50. The van der Waals surface area contributed by atoms with E-state index in [1.54, 1.807) is 0 Å². The molecule has 2 aromatic carbocycles. The van der Waals surface area contributed by atoms with E-state index in [0.717, 1.165) is 6.42 Å². The van der Waals surface area contributed by atoms with Crippen molar-refractivity contribution in [3.8, 4) is 0 Å². The lowest BCUT2D eigenvalue weighted by molar-refractivity contribution is 1.17. The molecule has 0 amide bonds. The molecule has 0 N–H and O–H groups in total. The van der Waals surface area contributed by atoms with E-state index in [0.29, 0.717) is 0 Å². The highest BCUT2D eigenvalue weighted by atomic mass is 14.0. The van der Waals surface area contributed by atoms with Crippen LogP contribution in [-0.2, 0) is 6.42 Å². The minimum atomic E-state index is 1.00. The second kappa shape index (κ2) is 5.68. The maximum Gasteiger partial charge on any atom is -0.00914 e. The molecule has 0 spiro atoms. The van der Waals surface area contributed by atoms with Crippen LogP contribution < -0.4 is 0 Å². The molecule has 92 valence electrons. The molecule has 0 fully saturated rings. The lowest BCUT2D eigenvalue weighted by atomic mass is 9.98. The normalized spacial score (nSPS) is 11.1. The summed E-state index contributed by atoms with van der Waals surface area (Å²) in [6.07, 6.45) is 5.43. The summed E-state index contributed by atoms with van der Waals surface area (Å²) in [6, 6.07) is 15.0. The van der Waals surface area contributed by atoms with Crippen LogP contribution >= 0.6 is 0 Å². The van der Waals surface area contributed by atoms with Crippen molar-refractivity contribution in [1.82, 2.24) is 0 Å². The third-order valence-electron chi connectivity index (χ3n) is 3.40. The topological polar surface area (TPSA) is 0 Å². The Bertz CT molecular complexity index is 548. The standard InChI is InChI=1S/C18H20/c1-14-12-16(3)18(13-15(14)2)11-7-10-17-8-5-4-6-9-17/h4-10,12-13H,11H2,1-3H3. The highest BCUT2D eigenvalue weighted by Crippen LogP contribution is 2.16. The Hall–Kier alpha value is -1.82. The fourth-order valence-corrected chi connectivity index (χ4v) is 2.13. The third kappa shape index (κ3) is 3.10. The van der Waals surface area contributed by atoms with Gasteiger partial charge in [-0.2, -0.15) is 0 Å². The zero-order valence-electron chi connectivity index (χ0n) is 11.4. The predicted octanol–water partition coefficient (Wildman–Crippen LogP) is 4.87. The van der Waals surface area contributed by atoms with Gasteiger partial charge in [-0.05, 0) is 55.0 Å². The van der Waals surface area contributed by atoms with Crippen molar-refractivity contribution in [2.45, 2.75) is 27.2 Å². The van der Waals surface area contributed by atoms with E-state index >= 15 is 0 Å². The Labute approximate surface area is 110 Å². The predicted molar refractivity (Wildman–Crippen MR) is 79.8 cm³/mol. The summed E-state index contributed by atoms with van der Waals surface area (Å²) in [5.74, 6) is 0. The average molecular weight is 236 g/mol. The Morgan fingerprint density at radius 1 is 0.833 bits per heavy atom. The largest absolute Gasteiger partial charge is 0.0795 e. The van der Waals surface area contributed by atoms with Crippen LogP contribution in [0, 0.1) is 20.8 Å². The lowest BCUT2D eigenvalue weighted by Crippen LogP contribution is -1.91. The number of hydrogen-bond donors (Lipinski definition) is 0. The second-order valence-electron chi connectivity index (χ2n) is 4.88. The minimum absolute atomic E-state index is 1.00. The zero-order chi connectivity index (χ0) is 13.0. The number of rotatable bonds is 3. The molecular formula is C18H20. The molecule has 18 heavy (non-hydrogen) atoms. The van der Waals surface area contributed by atoms with Gasteiger partial charge in [-0.1, -0.05) is 54.6 Å². The molecule has 0 bridgehead atoms. The van der Waals surface area contributed by atoms with Crippen molar-refractivity contribution >= 4 is 6.08 Å². The fourth-order valence-electron chi connectivity index (χ4n) is 2.13. The Morgan fingerprint density at radius 2 is 1.50 bits per heavy atom. The van der Waals surface area contributed by atoms with Crippen LogP contribution in [0.25, 0.3) is 6.08 Å². The second-order valence-corrected chi connectivity index (χ2v) is 4.88. The van der Waals surface area contributed by atoms with Crippen molar-refractivity contribution in [2.24, 2.45) is 0 Å². The van der Waals surface area contributed by atoms with Crippen molar-refractivity contribution in [3.05, 3.63) is 76.4 Å². The summed E-state index contributed by atoms with van der Waals surface area (Å²) < 4.78 is 0. The molecule has 0 radical (unpaired) electrons. The quantitative estimate of drug-likeness (QED) is 0.713. The first kappa shape index (κ1) is 12.6. The first-order valence-electron chi connectivity index (χ1n) is 6.45. The van der Waals surface area contributed by atoms with Gasteiger partial charge in [0.1, 0.15) is 0 Å². The van der Waals surface area contributed by atoms with Crippen LogP contribution in [0.15, 0.2) is 48.5 Å². The van der Waals surface area contributed by atoms with E-state index in [9.17, 15) is 0 Å². The van der Waals surface area contributed by atoms with Gasteiger partial charge in [0.25, 0.3) is 0 Å². The van der Waals surface area contributed by atoms with Crippen LogP contribution in [0.4, 0.5) is 0 Å². The molecule has 0 aliphatic heterocycles. The van der Waals surface area contributed by atoms with Crippen molar-refractivity contribution in [1.29, 1.82) is 0 Å². The molecule has 0 saturated heterocycles. The highest BCUT2D eigenvalue weighted by Gasteiger charge is 1.99. The van der Waals surface area contributed by atoms with Gasteiger partial charge >= 0.3 is 0 Å². The van der Waals surface area contributed by atoms with Gasteiger partial charge in [-0.15, -0.1) is 0 Å². The Kier molecular flexibility index (Phi) is 3.99. The van der Waals surface area contributed by atoms with E-state index in [2.05, 4.69) is 69.3 Å². The van der Waals surface area contributed by atoms with Crippen LogP contribution in [0.1, 0.15) is 27.8 Å². The van der Waals surface area contributed by atoms with Gasteiger partial charge in [0.15, 0.2) is 0 Å². The molecule has 0 heterocycles. The molecule has 0 saturated carbocycles. The SMILES string of the molecule is Cc1cc(C)c(CC=Cc2ccccc2)cc1C. The number of allylic oxidation sites excluding steroid dienone is 1. The van der Waals surface area contributed by atoms with Crippen LogP contribution in [0.3, 0.4) is 0 Å². The van der Waals surface area contributed by atoms with Gasteiger partial charge in [0, 0.05) is 0 Å². The molecule has 0 unspecified atom stereocenters.